The molecule has 1 heterocycles. The van der Waals surface area contributed by atoms with Gasteiger partial charge in [-0.1, -0.05) is 22.0 Å². The second kappa shape index (κ2) is 5.10. The maximum atomic E-state index is 3.51. The number of hydrogen-bond acceptors (Lipinski definition) is 2. The summed E-state index contributed by atoms with van der Waals surface area (Å²) in [4.78, 5) is 0. The van der Waals surface area contributed by atoms with Crippen LogP contribution in [-0.4, -0.2) is 19.6 Å². The van der Waals surface area contributed by atoms with Crippen molar-refractivity contribution in [2.24, 2.45) is 5.92 Å². The molecule has 3 heteroatoms. The summed E-state index contributed by atoms with van der Waals surface area (Å²) in [6.45, 7) is 6.60. The molecular weight excluding hydrogens is 252 g/mol. The summed E-state index contributed by atoms with van der Waals surface area (Å²) >= 11 is 3.50. The molecule has 0 radical (unpaired) electrons. The fourth-order valence-electron chi connectivity index (χ4n) is 1.73. The third-order valence-corrected chi connectivity index (χ3v) is 3.42. The Kier molecular flexibility index (Phi) is 3.78. The summed E-state index contributed by atoms with van der Waals surface area (Å²) in [5, 5.41) is 6.79. The van der Waals surface area contributed by atoms with Gasteiger partial charge in [0.25, 0.3) is 0 Å². The average molecular weight is 269 g/mol. The van der Waals surface area contributed by atoms with Crippen molar-refractivity contribution in [1.29, 1.82) is 0 Å². The molecular formula is C12H17BrN2. The monoisotopic (exact) mass is 268 g/mol. The normalized spacial score (nSPS) is 16.4. The van der Waals surface area contributed by atoms with Crippen molar-refractivity contribution in [2.45, 2.75) is 13.5 Å². The van der Waals surface area contributed by atoms with Crippen LogP contribution in [0.1, 0.15) is 11.1 Å². The fraction of sp³-hybridized carbons (Fsp3) is 0.500. The summed E-state index contributed by atoms with van der Waals surface area (Å²) in [7, 11) is 0. The number of rotatable bonds is 4. The van der Waals surface area contributed by atoms with Gasteiger partial charge in [0.1, 0.15) is 0 Å². The second-order valence-corrected chi connectivity index (χ2v) is 5.14. The Hall–Kier alpha value is -0.380. The zero-order valence-electron chi connectivity index (χ0n) is 9.02. The Morgan fingerprint density at radius 2 is 2.27 bits per heavy atom. The first-order chi connectivity index (χ1) is 7.25. The summed E-state index contributed by atoms with van der Waals surface area (Å²) in [6.07, 6.45) is 0. The average Bonchev–Trinajstić information content (AvgIpc) is 2.15. The molecule has 2 nitrogen and oxygen atoms in total. The predicted molar refractivity (Wildman–Crippen MR) is 66.9 cm³/mol. The van der Waals surface area contributed by atoms with Gasteiger partial charge in [0.15, 0.2) is 0 Å². The van der Waals surface area contributed by atoms with Crippen molar-refractivity contribution in [2.75, 3.05) is 19.6 Å². The van der Waals surface area contributed by atoms with E-state index in [0.29, 0.717) is 0 Å². The number of benzene rings is 1. The molecule has 15 heavy (non-hydrogen) atoms. The number of hydrogen-bond donors (Lipinski definition) is 2. The van der Waals surface area contributed by atoms with E-state index < -0.39 is 0 Å². The van der Waals surface area contributed by atoms with Gasteiger partial charge in [-0.25, -0.2) is 0 Å². The lowest BCUT2D eigenvalue weighted by Gasteiger charge is -2.27. The van der Waals surface area contributed by atoms with E-state index >= 15 is 0 Å². The van der Waals surface area contributed by atoms with E-state index in [4.69, 9.17) is 0 Å². The Bertz CT molecular complexity index is 334. The Labute approximate surface area is 99.6 Å². The predicted octanol–water partition coefficient (Wildman–Crippen LogP) is 2.07. The summed E-state index contributed by atoms with van der Waals surface area (Å²) in [5.74, 6) is 0.831. The first-order valence-electron chi connectivity index (χ1n) is 5.42. The maximum absolute atomic E-state index is 3.51. The number of halogens is 1. The van der Waals surface area contributed by atoms with Crippen LogP contribution in [0.2, 0.25) is 0 Å². The Morgan fingerprint density at radius 1 is 1.47 bits per heavy atom. The molecule has 0 aromatic heterocycles. The Morgan fingerprint density at radius 3 is 2.93 bits per heavy atom. The van der Waals surface area contributed by atoms with Gasteiger partial charge in [-0.3, -0.25) is 0 Å². The fourth-order valence-corrected chi connectivity index (χ4v) is 2.14. The van der Waals surface area contributed by atoms with Crippen LogP contribution >= 0.6 is 15.9 Å². The molecule has 1 aliphatic rings. The molecule has 2 N–H and O–H groups in total. The molecule has 0 spiro atoms. The molecule has 1 fully saturated rings. The standard InChI is InChI=1S/C12H17BrN2/c1-9-2-3-12(13)4-11(9)8-15-7-10-5-14-6-10/h2-4,10,14-15H,5-8H2,1H3. The lowest BCUT2D eigenvalue weighted by Crippen LogP contribution is -2.47. The minimum atomic E-state index is 0.831. The highest BCUT2D eigenvalue weighted by Crippen LogP contribution is 2.15. The van der Waals surface area contributed by atoms with E-state index in [1.165, 1.54) is 24.2 Å². The van der Waals surface area contributed by atoms with Crippen molar-refractivity contribution < 1.29 is 0 Å². The van der Waals surface area contributed by atoms with Crippen molar-refractivity contribution in [3.63, 3.8) is 0 Å². The molecule has 1 aliphatic heterocycles. The minimum absolute atomic E-state index is 0.831. The molecule has 0 atom stereocenters. The lowest BCUT2D eigenvalue weighted by atomic mass is 10.0. The van der Waals surface area contributed by atoms with Gasteiger partial charge < -0.3 is 10.6 Å². The van der Waals surface area contributed by atoms with Crippen LogP contribution in [0, 0.1) is 12.8 Å². The largest absolute Gasteiger partial charge is 0.316 e. The Balaban J connectivity index is 1.83. The number of aryl methyl sites for hydroxylation is 1. The van der Waals surface area contributed by atoms with Gasteiger partial charge in [-0.05, 0) is 36.1 Å². The van der Waals surface area contributed by atoms with Crippen molar-refractivity contribution in [3.05, 3.63) is 33.8 Å². The zero-order valence-corrected chi connectivity index (χ0v) is 10.6. The van der Waals surface area contributed by atoms with Gasteiger partial charge in [0, 0.05) is 30.7 Å². The van der Waals surface area contributed by atoms with Crippen LogP contribution in [0.15, 0.2) is 22.7 Å². The molecule has 0 aliphatic carbocycles. The molecule has 82 valence electrons. The van der Waals surface area contributed by atoms with Crippen LogP contribution in [0.25, 0.3) is 0 Å². The molecule has 0 amide bonds. The van der Waals surface area contributed by atoms with Gasteiger partial charge in [0.2, 0.25) is 0 Å². The topological polar surface area (TPSA) is 24.1 Å². The molecule has 0 unspecified atom stereocenters. The zero-order chi connectivity index (χ0) is 10.7. The lowest BCUT2D eigenvalue weighted by molar-refractivity contribution is 0.331. The molecule has 0 bridgehead atoms. The minimum Gasteiger partial charge on any atom is -0.316 e. The number of nitrogens with one attached hydrogen (secondary N) is 2. The highest BCUT2D eigenvalue weighted by Gasteiger charge is 2.15. The first kappa shape index (κ1) is 11.1. The highest BCUT2D eigenvalue weighted by atomic mass is 79.9. The van der Waals surface area contributed by atoms with E-state index in [1.807, 2.05) is 0 Å². The van der Waals surface area contributed by atoms with Crippen LogP contribution < -0.4 is 10.6 Å². The molecule has 1 saturated heterocycles. The second-order valence-electron chi connectivity index (χ2n) is 4.23. The van der Waals surface area contributed by atoms with E-state index in [1.54, 1.807) is 0 Å². The SMILES string of the molecule is Cc1ccc(Br)cc1CNCC1CNC1. The van der Waals surface area contributed by atoms with Crippen LogP contribution in [0.5, 0.6) is 0 Å². The van der Waals surface area contributed by atoms with Gasteiger partial charge >= 0.3 is 0 Å². The molecule has 0 saturated carbocycles. The van der Waals surface area contributed by atoms with Crippen molar-refractivity contribution in [1.82, 2.24) is 10.6 Å². The molecule has 1 aromatic carbocycles. The van der Waals surface area contributed by atoms with Gasteiger partial charge in [-0.15, -0.1) is 0 Å². The third-order valence-electron chi connectivity index (χ3n) is 2.93. The highest BCUT2D eigenvalue weighted by molar-refractivity contribution is 9.10. The summed E-state index contributed by atoms with van der Waals surface area (Å²) in [6, 6.07) is 6.45. The quantitative estimate of drug-likeness (QED) is 0.874. The van der Waals surface area contributed by atoms with Crippen LogP contribution in [0.4, 0.5) is 0 Å². The van der Waals surface area contributed by atoms with E-state index in [-0.39, 0.29) is 0 Å². The summed E-state index contributed by atoms with van der Waals surface area (Å²) < 4.78 is 1.16. The van der Waals surface area contributed by atoms with Crippen molar-refractivity contribution in [3.8, 4) is 0 Å². The van der Waals surface area contributed by atoms with E-state index in [0.717, 1.165) is 23.5 Å². The third kappa shape index (κ3) is 3.03. The van der Waals surface area contributed by atoms with E-state index in [2.05, 4.69) is 51.7 Å². The smallest absolute Gasteiger partial charge is 0.0208 e. The van der Waals surface area contributed by atoms with Gasteiger partial charge in [-0.2, -0.15) is 0 Å². The molecule has 1 aromatic rings. The van der Waals surface area contributed by atoms with Gasteiger partial charge in [0.05, 0.1) is 0 Å². The maximum Gasteiger partial charge on any atom is 0.0208 e. The summed E-state index contributed by atoms with van der Waals surface area (Å²) in [5.41, 5.74) is 2.74. The molecule has 2 rings (SSSR count). The van der Waals surface area contributed by atoms with Crippen molar-refractivity contribution >= 4 is 15.9 Å². The van der Waals surface area contributed by atoms with Crippen LogP contribution in [-0.2, 0) is 6.54 Å². The first-order valence-corrected chi connectivity index (χ1v) is 6.21. The van der Waals surface area contributed by atoms with E-state index in [9.17, 15) is 0 Å². The van der Waals surface area contributed by atoms with Crippen LogP contribution in [0.3, 0.4) is 0 Å².